The molecule has 0 unspecified atom stereocenters. The number of methoxy groups -OCH3 is 1. The number of carbonyl (C=O) groups excluding carboxylic acids is 1. The number of hydrogen-bond donors (Lipinski definition) is 2. The lowest BCUT2D eigenvalue weighted by Crippen LogP contribution is -2.14. The molecule has 0 aromatic carbocycles. The molecule has 0 aliphatic heterocycles. The largest absolute Gasteiger partial charge is 0.465 e. The number of anilines is 1. The monoisotopic (exact) mass is 327 g/mol. The van der Waals surface area contributed by atoms with Crippen molar-refractivity contribution in [2.24, 2.45) is 0 Å². The number of aromatic nitrogens is 2. The molecule has 9 heteroatoms. The maximum Gasteiger partial charge on any atom is 0.341 e. The molecule has 2 heterocycles. The predicted molar refractivity (Wildman–Crippen MR) is 77.1 cm³/mol. The van der Waals surface area contributed by atoms with E-state index in [0.29, 0.717) is 10.6 Å². The van der Waals surface area contributed by atoms with Gasteiger partial charge in [0.05, 0.1) is 18.9 Å². The SMILES string of the molecule is COC(=O)c1c(NS(=O)(=O)c2cn[nH]c2)sc2c1CCC2. The minimum atomic E-state index is -3.76. The van der Waals surface area contributed by atoms with E-state index < -0.39 is 16.0 Å². The zero-order valence-corrected chi connectivity index (χ0v) is 12.8. The molecule has 0 bridgehead atoms. The first kappa shape index (κ1) is 14.1. The number of esters is 1. The summed E-state index contributed by atoms with van der Waals surface area (Å²) in [5.41, 5.74) is 1.24. The molecule has 0 spiro atoms. The van der Waals surface area contributed by atoms with Crippen molar-refractivity contribution in [3.63, 3.8) is 0 Å². The summed E-state index contributed by atoms with van der Waals surface area (Å²) in [5, 5.41) is 6.39. The smallest absolute Gasteiger partial charge is 0.341 e. The van der Waals surface area contributed by atoms with Gasteiger partial charge in [-0.3, -0.25) is 9.82 Å². The van der Waals surface area contributed by atoms with E-state index in [4.69, 9.17) is 4.74 Å². The van der Waals surface area contributed by atoms with Crippen molar-refractivity contribution < 1.29 is 17.9 Å². The van der Waals surface area contributed by atoms with Gasteiger partial charge in [0.1, 0.15) is 9.90 Å². The highest BCUT2D eigenvalue weighted by Crippen LogP contribution is 2.40. The number of carbonyl (C=O) groups is 1. The highest BCUT2D eigenvalue weighted by molar-refractivity contribution is 7.93. The maximum absolute atomic E-state index is 12.2. The third-order valence-electron chi connectivity index (χ3n) is 3.32. The Kier molecular flexibility index (Phi) is 3.46. The van der Waals surface area contributed by atoms with E-state index in [1.807, 2.05) is 0 Å². The quantitative estimate of drug-likeness (QED) is 0.830. The zero-order chi connectivity index (χ0) is 15.0. The minimum absolute atomic E-state index is 0.0203. The molecule has 0 saturated heterocycles. The fraction of sp³-hybridized carbons (Fsp3) is 0.333. The molecule has 0 saturated carbocycles. The molecule has 2 aromatic rings. The summed E-state index contributed by atoms with van der Waals surface area (Å²) >= 11 is 1.29. The molecule has 2 aromatic heterocycles. The first-order valence-corrected chi connectivity index (χ1v) is 8.57. The third-order valence-corrected chi connectivity index (χ3v) is 5.97. The van der Waals surface area contributed by atoms with E-state index in [2.05, 4.69) is 14.9 Å². The van der Waals surface area contributed by atoms with E-state index in [1.54, 1.807) is 0 Å². The van der Waals surface area contributed by atoms with Gasteiger partial charge in [-0.25, -0.2) is 13.2 Å². The van der Waals surface area contributed by atoms with Gasteiger partial charge < -0.3 is 4.74 Å². The van der Waals surface area contributed by atoms with Crippen LogP contribution >= 0.6 is 11.3 Å². The third kappa shape index (κ3) is 2.42. The fourth-order valence-electron chi connectivity index (χ4n) is 2.36. The number of fused-ring (bicyclic) bond motifs is 1. The van der Waals surface area contributed by atoms with Crippen LogP contribution in [-0.4, -0.2) is 31.7 Å². The number of aryl methyl sites for hydroxylation is 1. The van der Waals surface area contributed by atoms with Crippen molar-refractivity contribution in [1.29, 1.82) is 0 Å². The van der Waals surface area contributed by atoms with Crippen molar-refractivity contribution in [1.82, 2.24) is 10.2 Å². The highest BCUT2D eigenvalue weighted by Gasteiger charge is 2.29. The number of H-pyrrole nitrogens is 1. The summed E-state index contributed by atoms with van der Waals surface area (Å²) in [6.07, 6.45) is 5.09. The molecule has 0 amide bonds. The Morgan fingerprint density at radius 3 is 2.95 bits per heavy atom. The summed E-state index contributed by atoms with van der Waals surface area (Å²) in [5.74, 6) is -0.515. The fourth-order valence-corrected chi connectivity index (χ4v) is 4.85. The van der Waals surface area contributed by atoms with Crippen LogP contribution in [0.15, 0.2) is 17.3 Å². The van der Waals surface area contributed by atoms with E-state index in [9.17, 15) is 13.2 Å². The molecule has 0 radical (unpaired) electrons. The predicted octanol–water partition coefficient (Wildman–Crippen LogP) is 1.55. The standard InChI is InChI=1S/C12H13N3O4S2/c1-19-12(16)10-8-3-2-4-9(8)20-11(10)15-21(17,18)7-5-13-14-6-7/h5-6,15H,2-4H2,1H3,(H,13,14). The lowest BCUT2D eigenvalue weighted by molar-refractivity contribution is 0.0601. The van der Waals surface area contributed by atoms with E-state index in [0.717, 1.165) is 29.7 Å². The van der Waals surface area contributed by atoms with E-state index >= 15 is 0 Å². The second-order valence-corrected chi connectivity index (χ2v) is 7.38. The summed E-state index contributed by atoms with van der Waals surface area (Å²) < 4.78 is 31.7. The van der Waals surface area contributed by atoms with Crippen LogP contribution in [0.1, 0.15) is 27.2 Å². The van der Waals surface area contributed by atoms with Gasteiger partial charge in [0.15, 0.2) is 0 Å². The first-order valence-electron chi connectivity index (χ1n) is 6.27. The average Bonchev–Trinajstić information content (AvgIpc) is 3.13. The van der Waals surface area contributed by atoms with Crippen molar-refractivity contribution >= 4 is 32.3 Å². The Morgan fingerprint density at radius 2 is 2.29 bits per heavy atom. The molecule has 1 aliphatic carbocycles. The Bertz CT molecular complexity index is 778. The summed E-state index contributed by atoms with van der Waals surface area (Å²) in [4.78, 5) is 13.0. The highest BCUT2D eigenvalue weighted by atomic mass is 32.2. The van der Waals surface area contributed by atoms with Crippen LogP contribution in [0, 0.1) is 0 Å². The number of nitrogens with zero attached hydrogens (tertiary/aromatic N) is 1. The maximum atomic E-state index is 12.2. The Morgan fingerprint density at radius 1 is 1.48 bits per heavy atom. The summed E-state index contributed by atoms with van der Waals surface area (Å²) in [7, 11) is -2.48. The van der Waals surface area contributed by atoms with Crippen molar-refractivity contribution in [3.8, 4) is 0 Å². The number of sulfonamides is 1. The molecular weight excluding hydrogens is 314 g/mol. The van der Waals surface area contributed by atoms with Gasteiger partial charge >= 0.3 is 5.97 Å². The van der Waals surface area contributed by atoms with Gasteiger partial charge in [0, 0.05) is 11.1 Å². The van der Waals surface area contributed by atoms with E-state index in [-0.39, 0.29) is 4.90 Å². The minimum Gasteiger partial charge on any atom is -0.465 e. The Hall–Kier alpha value is -1.87. The van der Waals surface area contributed by atoms with Gasteiger partial charge in [-0.1, -0.05) is 0 Å². The number of aromatic amines is 1. The van der Waals surface area contributed by atoms with Gasteiger partial charge in [0.25, 0.3) is 10.0 Å². The molecule has 21 heavy (non-hydrogen) atoms. The first-order chi connectivity index (χ1) is 10.0. The van der Waals surface area contributed by atoms with Crippen LogP contribution in [0.25, 0.3) is 0 Å². The van der Waals surface area contributed by atoms with Crippen molar-refractivity contribution in [2.75, 3.05) is 11.8 Å². The second kappa shape index (κ2) is 5.15. The molecule has 0 fully saturated rings. The van der Waals surface area contributed by atoms with Gasteiger partial charge in [-0.05, 0) is 24.8 Å². The molecule has 112 valence electrons. The molecular formula is C12H13N3O4S2. The second-order valence-electron chi connectivity index (χ2n) is 4.59. The lowest BCUT2D eigenvalue weighted by atomic mass is 10.1. The van der Waals surface area contributed by atoms with Crippen molar-refractivity contribution in [2.45, 2.75) is 24.2 Å². The normalized spacial score (nSPS) is 14.0. The Labute approximate surface area is 125 Å². The van der Waals surface area contributed by atoms with Crippen LogP contribution in [0.2, 0.25) is 0 Å². The lowest BCUT2D eigenvalue weighted by Gasteiger charge is -2.07. The molecule has 3 rings (SSSR count). The zero-order valence-electron chi connectivity index (χ0n) is 11.2. The van der Waals surface area contributed by atoms with Crippen molar-refractivity contribution in [3.05, 3.63) is 28.4 Å². The summed E-state index contributed by atoms with van der Waals surface area (Å²) in [6, 6.07) is 0. The molecule has 7 nitrogen and oxygen atoms in total. The van der Waals surface area contributed by atoms with E-state index in [1.165, 1.54) is 30.8 Å². The van der Waals surface area contributed by atoms with Gasteiger partial charge in [0.2, 0.25) is 0 Å². The summed E-state index contributed by atoms with van der Waals surface area (Å²) in [6.45, 7) is 0. The molecule has 0 atom stereocenters. The van der Waals surface area contributed by atoms with Crippen LogP contribution in [0.5, 0.6) is 0 Å². The number of thiophene rings is 1. The molecule has 1 aliphatic rings. The van der Waals surface area contributed by atoms with Crippen LogP contribution in [0.3, 0.4) is 0 Å². The molecule has 2 N–H and O–H groups in total. The number of rotatable bonds is 4. The Balaban J connectivity index is 2.02. The number of ether oxygens (including phenoxy) is 1. The van der Waals surface area contributed by atoms with Gasteiger partial charge in [-0.2, -0.15) is 5.10 Å². The number of hydrogen-bond acceptors (Lipinski definition) is 6. The number of nitrogens with one attached hydrogen (secondary N) is 2. The van der Waals surface area contributed by atoms with Gasteiger partial charge in [-0.15, -0.1) is 11.3 Å². The van der Waals surface area contributed by atoms with Crippen LogP contribution in [0.4, 0.5) is 5.00 Å². The topological polar surface area (TPSA) is 101 Å². The average molecular weight is 327 g/mol. The van der Waals surface area contributed by atoms with Crippen LogP contribution in [-0.2, 0) is 27.6 Å². The van der Waals surface area contributed by atoms with Crippen LogP contribution < -0.4 is 4.72 Å².